The Kier molecular flexibility index (Phi) is 6.90. The molecule has 3 aromatic carbocycles. The molecule has 0 aromatic heterocycles. The molecule has 1 aliphatic heterocycles. The van der Waals surface area contributed by atoms with Crippen LogP contribution in [0.5, 0.6) is 0 Å². The number of amides is 2. The van der Waals surface area contributed by atoms with Crippen LogP contribution in [0.25, 0.3) is 0 Å². The SMILES string of the molecule is CCc1ccc(C(=O)N2CCN(c3ccc(NC(=O)c4ccc(Br)cc4)cc3)CC2)cc1. The van der Waals surface area contributed by atoms with Crippen LogP contribution < -0.4 is 10.2 Å². The number of carbonyl (C=O) groups is 2. The topological polar surface area (TPSA) is 52.7 Å². The van der Waals surface area contributed by atoms with E-state index in [4.69, 9.17) is 0 Å². The lowest BCUT2D eigenvalue weighted by atomic mass is 10.1. The number of piperazine rings is 1. The van der Waals surface area contributed by atoms with Crippen LogP contribution in [0.1, 0.15) is 33.2 Å². The van der Waals surface area contributed by atoms with Gasteiger partial charge in [-0.2, -0.15) is 0 Å². The zero-order valence-corrected chi connectivity index (χ0v) is 19.6. The number of anilines is 2. The highest BCUT2D eigenvalue weighted by Gasteiger charge is 2.22. The lowest BCUT2D eigenvalue weighted by Gasteiger charge is -2.36. The summed E-state index contributed by atoms with van der Waals surface area (Å²) in [6, 6.07) is 23.0. The first-order valence-electron chi connectivity index (χ1n) is 10.8. The minimum absolute atomic E-state index is 0.0957. The maximum Gasteiger partial charge on any atom is 0.255 e. The van der Waals surface area contributed by atoms with Gasteiger partial charge in [-0.1, -0.05) is 35.0 Å². The molecule has 2 amide bonds. The molecule has 1 heterocycles. The number of benzene rings is 3. The van der Waals surface area contributed by atoms with Gasteiger partial charge in [0.25, 0.3) is 11.8 Å². The van der Waals surface area contributed by atoms with Crippen molar-refractivity contribution in [3.63, 3.8) is 0 Å². The van der Waals surface area contributed by atoms with E-state index in [9.17, 15) is 9.59 Å². The van der Waals surface area contributed by atoms with Crippen LogP contribution >= 0.6 is 15.9 Å². The largest absolute Gasteiger partial charge is 0.368 e. The predicted molar refractivity (Wildman–Crippen MR) is 132 cm³/mol. The molecule has 0 unspecified atom stereocenters. The van der Waals surface area contributed by atoms with Gasteiger partial charge < -0.3 is 15.1 Å². The number of halogens is 1. The average Bonchev–Trinajstić information content (AvgIpc) is 2.84. The molecular formula is C26H26BrN3O2. The number of hydrogen-bond acceptors (Lipinski definition) is 3. The molecule has 164 valence electrons. The first kappa shape index (κ1) is 22.1. The zero-order valence-electron chi connectivity index (χ0n) is 18.1. The van der Waals surface area contributed by atoms with Gasteiger partial charge in [-0.05, 0) is 72.6 Å². The van der Waals surface area contributed by atoms with Crippen LogP contribution in [0, 0.1) is 0 Å². The molecule has 0 bridgehead atoms. The second kappa shape index (κ2) is 10.0. The van der Waals surface area contributed by atoms with Crippen LogP contribution in [-0.4, -0.2) is 42.9 Å². The Hall–Kier alpha value is -3.12. The third kappa shape index (κ3) is 5.19. The fourth-order valence-corrected chi connectivity index (χ4v) is 4.06. The van der Waals surface area contributed by atoms with Crippen molar-refractivity contribution in [3.05, 3.63) is 94.0 Å². The maximum atomic E-state index is 12.8. The van der Waals surface area contributed by atoms with E-state index >= 15 is 0 Å². The van der Waals surface area contributed by atoms with E-state index in [2.05, 4.69) is 33.1 Å². The highest BCUT2D eigenvalue weighted by Crippen LogP contribution is 2.21. The number of hydrogen-bond donors (Lipinski definition) is 1. The quantitative estimate of drug-likeness (QED) is 0.531. The predicted octanol–water partition coefficient (Wildman–Crippen LogP) is 5.23. The standard InChI is InChI=1S/C26H26BrN3O2/c1-2-19-3-5-21(6-4-19)26(32)30-17-15-29(16-18-30)24-13-11-23(12-14-24)28-25(31)20-7-9-22(27)10-8-20/h3-14H,2,15-18H2,1H3,(H,28,31). The molecule has 0 spiro atoms. The summed E-state index contributed by atoms with van der Waals surface area (Å²) in [5, 5.41) is 2.93. The molecule has 0 aliphatic carbocycles. The molecule has 4 rings (SSSR count). The van der Waals surface area contributed by atoms with Crippen LogP contribution in [0.4, 0.5) is 11.4 Å². The van der Waals surface area contributed by atoms with Crippen LogP contribution in [0.15, 0.2) is 77.3 Å². The first-order chi connectivity index (χ1) is 15.5. The highest BCUT2D eigenvalue weighted by atomic mass is 79.9. The van der Waals surface area contributed by atoms with Crippen LogP contribution in [0.3, 0.4) is 0 Å². The summed E-state index contributed by atoms with van der Waals surface area (Å²) in [5.74, 6) is -0.0392. The summed E-state index contributed by atoms with van der Waals surface area (Å²) < 4.78 is 0.939. The van der Waals surface area contributed by atoms with Gasteiger partial charge in [0.05, 0.1) is 0 Å². The van der Waals surface area contributed by atoms with Crippen molar-refractivity contribution in [1.82, 2.24) is 4.90 Å². The third-order valence-corrected chi connectivity index (χ3v) is 6.30. The molecule has 1 saturated heterocycles. The van der Waals surface area contributed by atoms with E-state index < -0.39 is 0 Å². The molecule has 0 atom stereocenters. The van der Waals surface area contributed by atoms with Gasteiger partial charge in [0.2, 0.25) is 0 Å². The average molecular weight is 492 g/mol. The number of carbonyl (C=O) groups excluding carboxylic acids is 2. The van der Waals surface area contributed by atoms with E-state index in [1.54, 1.807) is 12.1 Å². The number of aryl methyl sites for hydroxylation is 1. The molecule has 3 aromatic rings. The maximum absolute atomic E-state index is 12.8. The molecule has 6 heteroatoms. The molecule has 0 saturated carbocycles. The second-order valence-electron chi connectivity index (χ2n) is 7.84. The van der Waals surface area contributed by atoms with Crippen molar-refractivity contribution in [1.29, 1.82) is 0 Å². The summed E-state index contributed by atoms with van der Waals surface area (Å²) in [6.45, 7) is 5.05. The zero-order chi connectivity index (χ0) is 22.5. The monoisotopic (exact) mass is 491 g/mol. The van der Waals surface area contributed by atoms with Gasteiger partial charge in [0.1, 0.15) is 0 Å². The Morgan fingerprint density at radius 3 is 2.00 bits per heavy atom. The van der Waals surface area contributed by atoms with Gasteiger partial charge in [0, 0.05) is 53.2 Å². The van der Waals surface area contributed by atoms with Crippen molar-refractivity contribution >= 4 is 39.1 Å². The smallest absolute Gasteiger partial charge is 0.255 e. The minimum atomic E-state index is -0.135. The van der Waals surface area contributed by atoms with Crippen LogP contribution in [0.2, 0.25) is 0 Å². The second-order valence-corrected chi connectivity index (χ2v) is 8.75. The number of rotatable bonds is 5. The molecular weight excluding hydrogens is 466 g/mol. The van der Waals surface area contributed by atoms with E-state index in [-0.39, 0.29) is 11.8 Å². The molecule has 5 nitrogen and oxygen atoms in total. The Labute approximate surface area is 197 Å². The molecule has 1 fully saturated rings. The summed E-state index contributed by atoms with van der Waals surface area (Å²) in [7, 11) is 0. The Bertz CT molecular complexity index is 1070. The van der Waals surface area contributed by atoms with E-state index in [1.807, 2.05) is 65.6 Å². The van der Waals surface area contributed by atoms with E-state index in [0.29, 0.717) is 18.7 Å². The lowest BCUT2D eigenvalue weighted by Crippen LogP contribution is -2.48. The van der Waals surface area contributed by atoms with E-state index in [1.165, 1.54) is 5.56 Å². The minimum Gasteiger partial charge on any atom is -0.368 e. The van der Waals surface area contributed by atoms with Gasteiger partial charge in [-0.15, -0.1) is 0 Å². The fourth-order valence-electron chi connectivity index (χ4n) is 3.79. The fraction of sp³-hybridized carbons (Fsp3) is 0.231. The van der Waals surface area contributed by atoms with Gasteiger partial charge in [-0.3, -0.25) is 9.59 Å². The highest BCUT2D eigenvalue weighted by molar-refractivity contribution is 9.10. The third-order valence-electron chi connectivity index (χ3n) is 5.77. The summed E-state index contributed by atoms with van der Waals surface area (Å²) in [6.07, 6.45) is 0.972. The molecule has 32 heavy (non-hydrogen) atoms. The molecule has 1 N–H and O–H groups in total. The number of nitrogens with zero attached hydrogens (tertiary/aromatic N) is 2. The molecule has 0 radical (unpaired) electrons. The number of nitrogens with one attached hydrogen (secondary N) is 1. The van der Waals surface area contributed by atoms with Crippen LogP contribution in [-0.2, 0) is 6.42 Å². The lowest BCUT2D eigenvalue weighted by molar-refractivity contribution is 0.0746. The van der Waals surface area contributed by atoms with Crippen molar-refractivity contribution < 1.29 is 9.59 Å². The first-order valence-corrected chi connectivity index (χ1v) is 11.6. The summed E-state index contributed by atoms with van der Waals surface area (Å²) in [5.41, 5.74) is 4.45. The van der Waals surface area contributed by atoms with Crippen molar-refractivity contribution in [3.8, 4) is 0 Å². The van der Waals surface area contributed by atoms with Crippen molar-refractivity contribution in [2.24, 2.45) is 0 Å². The Balaban J connectivity index is 1.32. The Morgan fingerprint density at radius 2 is 1.41 bits per heavy atom. The Morgan fingerprint density at radius 1 is 0.812 bits per heavy atom. The van der Waals surface area contributed by atoms with Gasteiger partial charge >= 0.3 is 0 Å². The van der Waals surface area contributed by atoms with E-state index in [0.717, 1.165) is 40.9 Å². The van der Waals surface area contributed by atoms with Crippen molar-refractivity contribution in [2.45, 2.75) is 13.3 Å². The van der Waals surface area contributed by atoms with Gasteiger partial charge in [0.15, 0.2) is 0 Å². The normalized spacial score (nSPS) is 13.7. The summed E-state index contributed by atoms with van der Waals surface area (Å²) >= 11 is 3.38. The molecule has 1 aliphatic rings. The van der Waals surface area contributed by atoms with Crippen molar-refractivity contribution in [2.75, 3.05) is 36.4 Å². The van der Waals surface area contributed by atoms with Gasteiger partial charge in [-0.25, -0.2) is 0 Å². The summed E-state index contributed by atoms with van der Waals surface area (Å²) in [4.78, 5) is 29.4.